The second kappa shape index (κ2) is 3.44. The quantitative estimate of drug-likeness (QED) is 0.723. The fourth-order valence-corrected chi connectivity index (χ4v) is 0.998. The van der Waals surface area contributed by atoms with E-state index in [0.29, 0.717) is 0 Å². The fourth-order valence-electron chi connectivity index (χ4n) is 0.998. The van der Waals surface area contributed by atoms with Gasteiger partial charge in [-0.3, -0.25) is 0 Å². The van der Waals surface area contributed by atoms with Crippen molar-refractivity contribution < 1.29 is 19.8 Å². The zero-order valence-corrected chi connectivity index (χ0v) is 7.63. The molecule has 2 N–H and O–H groups in total. The lowest BCUT2D eigenvalue weighted by molar-refractivity contribution is 0.0639. The van der Waals surface area contributed by atoms with Gasteiger partial charge < -0.3 is 10.2 Å². The van der Waals surface area contributed by atoms with Crippen LogP contribution in [-0.4, -0.2) is 37.1 Å². The first-order chi connectivity index (χ1) is 6.45. The van der Waals surface area contributed by atoms with Crippen LogP contribution in [-0.2, 0) is 0 Å². The second-order valence-electron chi connectivity index (χ2n) is 2.94. The van der Waals surface area contributed by atoms with Gasteiger partial charge in [-0.2, -0.15) is 0 Å². The molecule has 14 heavy (non-hydrogen) atoms. The van der Waals surface area contributed by atoms with Crippen molar-refractivity contribution in [1.29, 1.82) is 0 Å². The molecule has 0 aliphatic carbocycles. The lowest BCUT2D eigenvalue weighted by Gasteiger charge is -2.05. The van der Waals surface area contributed by atoms with E-state index in [0.717, 1.165) is 4.68 Å². The van der Waals surface area contributed by atoms with Gasteiger partial charge in [0.15, 0.2) is 5.69 Å². The topological polar surface area (TPSA) is 105 Å². The van der Waals surface area contributed by atoms with Crippen molar-refractivity contribution in [3.8, 4) is 0 Å². The number of hydrogen-bond acceptors (Lipinski definition) is 4. The Morgan fingerprint density at radius 2 is 1.86 bits per heavy atom. The molecule has 0 radical (unpaired) electrons. The van der Waals surface area contributed by atoms with Crippen molar-refractivity contribution in [3.63, 3.8) is 0 Å². The molecular weight excluding hydrogens is 190 g/mol. The van der Waals surface area contributed by atoms with Crippen molar-refractivity contribution in [2.45, 2.75) is 19.9 Å². The molecule has 7 nitrogen and oxygen atoms in total. The van der Waals surface area contributed by atoms with Crippen molar-refractivity contribution in [3.05, 3.63) is 11.4 Å². The van der Waals surface area contributed by atoms with Gasteiger partial charge in [-0.25, -0.2) is 14.3 Å². The molecule has 0 aliphatic rings. The van der Waals surface area contributed by atoms with E-state index in [4.69, 9.17) is 10.2 Å². The van der Waals surface area contributed by atoms with Gasteiger partial charge in [0, 0.05) is 6.04 Å². The highest BCUT2D eigenvalue weighted by atomic mass is 16.4. The fraction of sp³-hybridized carbons (Fsp3) is 0.429. The summed E-state index contributed by atoms with van der Waals surface area (Å²) in [5.41, 5.74) is -0.932. The number of carboxylic acid groups (broad SMARTS) is 2. The molecule has 76 valence electrons. The number of hydrogen-bond donors (Lipinski definition) is 2. The van der Waals surface area contributed by atoms with Gasteiger partial charge in [-0.15, -0.1) is 5.10 Å². The number of aromatic carboxylic acids is 2. The van der Waals surface area contributed by atoms with Gasteiger partial charge in [0.2, 0.25) is 5.69 Å². The Balaban J connectivity index is 3.35. The molecule has 1 rings (SSSR count). The first-order valence-corrected chi connectivity index (χ1v) is 3.87. The highest BCUT2D eigenvalue weighted by molar-refractivity contribution is 5.98. The van der Waals surface area contributed by atoms with Crippen LogP contribution >= 0.6 is 0 Å². The largest absolute Gasteiger partial charge is 0.476 e. The number of aromatic nitrogens is 3. The van der Waals surface area contributed by atoms with E-state index < -0.39 is 23.3 Å². The van der Waals surface area contributed by atoms with Crippen LogP contribution in [0.5, 0.6) is 0 Å². The summed E-state index contributed by atoms with van der Waals surface area (Å²) in [6.07, 6.45) is 0. The minimum absolute atomic E-state index is 0.248. The molecule has 0 saturated heterocycles. The standard InChI is InChI=1S/C7H9N3O4/c1-3(2)10-5(7(13)14)4(6(11)12)8-9-10/h3H,1-2H3,(H,11,12)(H,13,14). The van der Waals surface area contributed by atoms with Crippen LogP contribution in [0.1, 0.15) is 40.9 Å². The highest BCUT2D eigenvalue weighted by Gasteiger charge is 2.25. The van der Waals surface area contributed by atoms with E-state index in [1.54, 1.807) is 13.8 Å². The second-order valence-corrected chi connectivity index (χ2v) is 2.94. The Hall–Kier alpha value is -1.92. The predicted octanol–water partition coefficient (Wildman–Crippen LogP) is 0.255. The van der Waals surface area contributed by atoms with Gasteiger partial charge >= 0.3 is 11.9 Å². The van der Waals surface area contributed by atoms with E-state index in [-0.39, 0.29) is 6.04 Å². The molecule has 0 spiro atoms. The third-order valence-electron chi connectivity index (χ3n) is 1.59. The molecule has 1 aromatic rings. The molecule has 0 atom stereocenters. The van der Waals surface area contributed by atoms with E-state index in [1.165, 1.54) is 0 Å². The monoisotopic (exact) mass is 199 g/mol. The molecule has 0 aromatic carbocycles. The van der Waals surface area contributed by atoms with Crippen LogP contribution in [0.25, 0.3) is 0 Å². The molecule has 1 heterocycles. The van der Waals surface area contributed by atoms with Crippen LogP contribution in [0, 0.1) is 0 Å². The first-order valence-electron chi connectivity index (χ1n) is 3.87. The molecule has 0 amide bonds. The van der Waals surface area contributed by atoms with Crippen LogP contribution in [0.3, 0.4) is 0 Å². The Labute approximate surface area is 79.0 Å². The lowest BCUT2D eigenvalue weighted by atomic mass is 10.3. The first kappa shape index (κ1) is 10.2. The summed E-state index contributed by atoms with van der Waals surface area (Å²) in [4.78, 5) is 21.3. The number of nitrogens with zero attached hydrogens (tertiary/aromatic N) is 3. The smallest absolute Gasteiger partial charge is 0.359 e. The normalized spacial score (nSPS) is 10.5. The Bertz CT molecular complexity index is 382. The number of rotatable bonds is 3. The average Bonchev–Trinajstić information content (AvgIpc) is 2.46. The maximum atomic E-state index is 10.7. The average molecular weight is 199 g/mol. The molecule has 1 aromatic heterocycles. The van der Waals surface area contributed by atoms with Gasteiger partial charge in [0.1, 0.15) is 0 Å². The molecule has 0 fully saturated rings. The lowest BCUT2D eigenvalue weighted by Crippen LogP contribution is -2.15. The van der Waals surface area contributed by atoms with E-state index in [1.807, 2.05) is 0 Å². The molecule has 0 unspecified atom stereocenters. The zero-order chi connectivity index (χ0) is 10.9. The summed E-state index contributed by atoms with van der Waals surface area (Å²) in [7, 11) is 0. The maximum absolute atomic E-state index is 10.7. The Morgan fingerprint density at radius 1 is 1.29 bits per heavy atom. The van der Waals surface area contributed by atoms with Crippen LogP contribution < -0.4 is 0 Å². The summed E-state index contributed by atoms with van der Waals surface area (Å²) in [5.74, 6) is -2.74. The summed E-state index contributed by atoms with van der Waals surface area (Å²) < 4.78 is 1.06. The number of carboxylic acids is 2. The summed E-state index contributed by atoms with van der Waals surface area (Å²) >= 11 is 0. The van der Waals surface area contributed by atoms with Gasteiger partial charge in [0.05, 0.1) is 0 Å². The summed E-state index contributed by atoms with van der Waals surface area (Å²) in [6, 6.07) is -0.248. The molecular formula is C7H9N3O4. The summed E-state index contributed by atoms with van der Waals surface area (Å²) in [5, 5.41) is 24.2. The van der Waals surface area contributed by atoms with E-state index in [2.05, 4.69) is 10.3 Å². The maximum Gasteiger partial charge on any atom is 0.359 e. The molecule has 0 bridgehead atoms. The Morgan fingerprint density at radius 3 is 2.21 bits per heavy atom. The number of carbonyl (C=O) groups is 2. The molecule has 0 saturated carbocycles. The third-order valence-corrected chi connectivity index (χ3v) is 1.59. The van der Waals surface area contributed by atoms with Crippen molar-refractivity contribution in [2.24, 2.45) is 0 Å². The van der Waals surface area contributed by atoms with Crippen LogP contribution in [0.4, 0.5) is 0 Å². The minimum Gasteiger partial charge on any atom is -0.476 e. The summed E-state index contributed by atoms with van der Waals surface area (Å²) in [6.45, 7) is 3.37. The Kier molecular flexibility index (Phi) is 2.50. The van der Waals surface area contributed by atoms with Crippen molar-refractivity contribution >= 4 is 11.9 Å². The third kappa shape index (κ3) is 1.56. The molecule has 7 heteroatoms. The van der Waals surface area contributed by atoms with Crippen molar-refractivity contribution in [2.75, 3.05) is 0 Å². The van der Waals surface area contributed by atoms with Gasteiger partial charge in [-0.05, 0) is 13.8 Å². The van der Waals surface area contributed by atoms with Gasteiger partial charge in [0.25, 0.3) is 0 Å². The SMILES string of the molecule is CC(C)n1nnc(C(=O)O)c1C(=O)O. The van der Waals surface area contributed by atoms with Gasteiger partial charge in [-0.1, -0.05) is 5.21 Å². The van der Waals surface area contributed by atoms with E-state index >= 15 is 0 Å². The zero-order valence-electron chi connectivity index (χ0n) is 7.63. The van der Waals surface area contributed by atoms with E-state index in [9.17, 15) is 9.59 Å². The molecule has 0 aliphatic heterocycles. The minimum atomic E-state index is -1.39. The predicted molar refractivity (Wildman–Crippen MR) is 44.3 cm³/mol. The van der Waals surface area contributed by atoms with Crippen LogP contribution in [0.2, 0.25) is 0 Å². The van der Waals surface area contributed by atoms with Crippen molar-refractivity contribution in [1.82, 2.24) is 15.0 Å². The van der Waals surface area contributed by atoms with Crippen LogP contribution in [0.15, 0.2) is 0 Å². The highest BCUT2D eigenvalue weighted by Crippen LogP contribution is 2.11.